The lowest BCUT2D eigenvalue weighted by atomic mass is 10.0. The van der Waals surface area contributed by atoms with E-state index in [1.54, 1.807) is 0 Å². The number of hydrogen-bond acceptors (Lipinski definition) is 3. The molecule has 2 heterocycles. The molecular weight excluding hydrogens is 228 g/mol. The summed E-state index contributed by atoms with van der Waals surface area (Å²) in [7, 11) is 0. The summed E-state index contributed by atoms with van der Waals surface area (Å²) in [5.41, 5.74) is 0. The Hall–Kier alpha value is -0.810. The lowest BCUT2D eigenvalue weighted by Crippen LogP contribution is -2.45. The van der Waals surface area contributed by atoms with E-state index in [0.717, 1.165) is 26.2 Å². The second kappa shape index (κ2) is 6.95. The van der Waals surface area contributed by atoms with Crippen molar-refractivity contribution in [1.82, 2.24) is 20.4 Å². The summed E-state index contributed by atoms with van der Waals surface area (Å²) in [4.78, 5) is 15.8. The van der Waals surface area contributed by atoms with E-state index in [4.69, 9.17) is 0 Å². The number of rotatable bonds is 6. The van der Waals surface area contributed by atoms with Gasteiger partial charge in [-0.05, 0) is 38.9 Å². The third-order valence-corrected chi connectivity index (χ3v) is 3.89. The van der Waals surface area contributed by atoms with Crippen LogP contribution in [0.5, 0.6) is 0 Å². The Bertz CT molecular complexity index is 264. The summed E-state index contributed by atoms with van der Waals surface area (Å²) in [6.07, 6.45) is 3.74. The normalized spacial score (nSPS) is 22.5. The number of carbonyl (C=O) groups is 1. The second-order valence-corrected chi connectivity index (χ2v) is 5.29. The van der Waals surface area contributed by atoms with Gasteiger partial charge in [-0.3, -0.25) is 0 Å². The summed E-state index contributed by atoms with van der Waals surface area (Å²) in [6, 6.07) is 0.735. The smallest absolute Gasteiger partial charge is 0.317 e. The number of likely N-dealkylation sites (tertiary alicyclic amines) is 1. The van der Waals surface area contributed by atoms with Gasteiger partial charge in [0.15, 0.2) is 0 Å². The molecule has 2 aliphatic rings. The van der Waals surface area contributed by atoms with Gasteiger partial charge in [0, 0.05) is 32.2 Å². The Morgan fingerprint density at radius 2 is 2.06 bits per heavy atom. The molecule has 0 bridgehead atoms. The molecule has 0 aromatic carbocycles. The van der Waals surface area contributed by atoms with Crippen molar-refractivity contribution >= 4 is 6.03 Å². The van der Waals surface area contributed by atoms with Gasteiger partial charge in [0.25, 0.3) is 0 Å². The van der Waals surface area contributed by atoms with Gasteiger partial charge >= 0.3 is 6.03 Å². The van der Waals surface area contributed by atoms with Gasteiger partial charge in [0.05, 0.1) is 0 Å². The van der Waals surface area contributed by atoms with Crippen LogP contribution < -0.4 is 10.6 Å². The van der Waals surface area contributed by atoms with Crippen molar-refractivity contribution in [2.45, 2.75) is 32.2 Å². The Kier molecular flexibility index (Phi) is 5.26. The Labute approximate surface area is 110 Å². The van der Waals surface area contributed by atoms with Crippen molar-refractivity contribution in [3.05, 3.63) is 0 Å². The maximum atomic E-state index is 11.4. The van der Waals surface area contributed by atoms with Crippen LogP contribution in [0.3, 0.4) is 0 Å². The van der Waals surface area contributed by atoms with Crippen LogP contribution in [0.25, 0.3) is 0 Å². The first-order chi connectivity index (χ1) is 8.79. The standard InChI is InChI=1S/C13H26N4O/c1-2-7-16-8-3-12(4-9-16)14-5-10-17-11-6-15-13(17)18/h12,14H,2-11H2,1H3,(H,15,18). The molecule has 0 aliphatic carbocycles. The van der Waals surface area contributed by atoms with Crippen LogP contribution in [0.15, 0.2) is 0 Å². The molecule has 2 aliphatic heterocycles. The van der Waals surface area contributed by atoms with Crippen LogP contribution in [0.4, 0.5) is 4.79 Å². The maximum Gasteiger partial charge on any atom is 0.317 e. The molecule has 5 nitrogen and oxygen atoms in total. The van der Waals surface area contributed by atoms with Crippen LogP contribution in [0.1, 0.15) is 26.2 Å². The first kappa shape index (κ1) is 13.6. The zero-order valence-corrected chi connectivity index (χ0v) is 11.5. The molecule has 2 N–H and O–H groups in total. The summed E-state index contributed by atoms with van der Waals surface area (Å²) in [6.45, 7) is 9.33. The molecule has 0 unspecified atom stereocenters. The van der Waals surface area contributed by atoms with E-state index in [1.165, 1.54) is 38.9 Å². The third-order valence-electron chi connectivity index (χ3n) is 3.89. The number of amides is 2. The average Bonchev–Trinajstić information content (AvgIpc) is 2.78. The fraction of sp³-hybridized carbons (Fsp3) is 0.923. The van der Waals surface area contributed by atoms with Crippen LogP contribution in [0, 0.1) is 0 Å². The van der Waals surface area contributed by atoms with E-state index < -0.39 is 0 Å². The second-order valence-electron chi connectivity index (χ2n) is 5.29. The van der Waals surface area contributed by atoms with Gasteiger partial charge < -0.3 is 20.4 Å². The molecule has 2 amide bonds. The van der Waals surface area contributed by atoms with E-state index in [9.17, 15) is 4.79 Å². The summed E-state index contributed by atoms with van der Waals surface area (Å²) >= 11 is 0. The lowest BCUT2D eigenvalue weighted by molar-refractivity contribution is 0.193. The molecule has 0 saturated carbocycles. The quantitative estimate of drug-likeness (QED) is 0.724. The summed E-state index contributed by atoms with van der Waals surface area (Å²) < 4.78 is 0. The van der Waals surface area contributed by atoms with Crippen LogP contribution in [-0.4, -0.2) is 67.7 Å². The summed E-state index contributed by atoms with van der Waals surface area (Å²) in [5.74, 6) is 0. The highest BCUT2D eigenvalue weighted by molar-refractivity contribution is 5.76. The molecule has 0 spiro atoms. The van der Waals surface area contributed by atoms with Crippen molar-refractivity contribution < 1.29 is 4.79 Å². The van der Waals surface area contributed by atoms with Crippen molar-refractivity contribution in [2.24, 2.45) is 0 Å². The first-order valence-corrected chi connectivity index (χ1v) is 7.28. The van der Waals surface area contributed by atoms with Gasteiger partial charge in [-0.15, -0.1) is 0 Å². The number of nitrogens with zero attached hydrogens (tertiary/aromatic N) is 2. The van der Waals surface area contributed by atoms with Gasteiger partial charge in [-0.25, -0.2) is 4.79 Å². The fourth-order valence-corrected chi connectivity index (χ4v) is 2.81. The lowest BCUT2D eigenvalue weighted by Gasteiger charge is -2.32. The van der Waals surface area contributed by atoms with E-state index >= 15 is 0 Å². The number of nitrogens with one attached hydrogen (secondary N) is 2. The minimum Gasteiger partial charge on any atom is -0.336 e. The number of hydrogen-bond donors (Lipinski definition) is 2. The van der Waals surface area contributed by atoms with Gasteiger partial charge in [-0.1, -0.05) is 6.92 Å². The molecule has 2 saturated heterocycles. The van der Waals surface area contributed by atoms with Gasteiger partial charge in [0.1, 0.15) is 0 Å². The molecule has 2 rings (SSSR count). The largest absolute Gasteiger partial charge is 0.336 e. The van der Waals surface area contributed by atoms with Crippen molar-refractivity contribution in [2.75, 3.05) is 45.8 Å². The van der Waals surface area contributed by atoms with Gasteiger partial charge in [0.2, 0.25) is 0 Å². The first-order valence-electron chi connectivity index (χ1n) is 7.28. The molecule has 2 fully saturated rings. The maximum absolute atomic E-state index is 11.4. The van der Waals surface area contributed by atoms with Crippen molar-refractivity contribution in [1.29, 1.82) is 0 Å². The SMILES string of the molecule is CCCN1CCC(NCCN2CCNC2=O)CC1. The minimum atomic E-state index is 0.0922. The van der Waals surface area contributed by atoms with Crippen molar-refractivity contribution in [3.63, 3.8) is 0 Å². The van der Waals surface area contributed by atoms with Crippen LogP contribution >= 0.6 is 0 Å². The van der Waals surface area contributed by atoms with E-state index in [1.807, 2.05) is 4.90 Å². The summed E-state index contributed by atoms with van der Waals surface area (Å²) in [5, 5.41) is 6.41. The Balaban J connectivity index is 1.56. The van der Waals surface area contributed by atoms with E-state index in [0.29, 0.717) is 6.04 Å². The molecule has 0 radical (unpaired) electrons. The monoisotopic (exact) mass is 254 g/mol. The predicted octanol–water partition coefficient (Wildman–Crippen LogP) is 0.476. The molecule has 104 valence electrons. The van der Waals surface area contributed by atoms with Gasteiger partial charge in [-0.2, -0.15) is 0 Å². The Morgan fingerprint density at radius 3 is 2.67 bits per heavy atom. The highest BCUT2D eigenvalue weighted by atomic mass is 16.2. The third kappa shape index (κ3) is 3.85. The Morgan fingerprint density at radius 1 is 1.28 bits per heavy atom. The molecule has 18 heavy (non-hydrogen) atoms. The molecule has 0 atom stereocenters. The number of carbonyl (C=O) groups excluding carboxylic acids is 1. The minimum absolute atomic E-state index is 0.0922. The van der Waals surface area contributed by atoms with Crippen LogP contribution in [0.2, 0.25) is 0 Å². The van der Waals surface area contributed by atoms with Crippen molar-refractivity contribution in [3.8, 4) is 0 Å². The zero-order chi connectivity index (χ0) is 12.8. The van der Waals surface area contributed by atoms with Crippen LogP contribution in [-0.2, 0) is 0 Å². The topological polar surface area (TPSA) is 47.6 Å². The average molecular weight is 254 g/mol. The molecule has 5 heteroatoms. The molecule has 0 aromatic heterocycles. The fourth-order valence-electron chi connectivity index (χ4n) is 2.81. The molecular formula is C13H26N4O. The number of urea groups is 1. The predicted molar refractivity (Wildman–Crippen MR) is 72.7 cm³/mol. The highest BCUT2D eigenvalue weighted by Gasteiger charge is 2.20. The number of piperidine rings is 1. The molecule has 0 aromatic rings. The zero-order valence-electron chi connectivity index (χ0n) is 11.5. The van der Waals surface area contributed by atoms with E-state index in [2.05, 4.69) is 22.5 Å². The highest BCUT2D eigenvalue weighted by Crippen LogP contribution is 2.10. The van der Waals surface area contributed by atoms with E-state index in [-0.39, 0.29) is 6.03 Å².